The van der Waals surface area contributed by atoms with Gasteiger partial charge in [0.2, 0.25) is 5.88 Å². The topological polar surface area (TPSA) is 119 Å². The highest BCUT2D eigenvalue weighted by atomic mass is 32.2. The molecule has 0 aliphatic rings. The van der Waals surface area contributed by atoms with Gasteiger partial charge in [0.05, 0.1) is 22.6 Å². The molecule has 0 bridgehead atoms. The molecule has 3 heterocycles. The number of fused-ring (bicyclic) bond motifs is 1. The smallest absolute Gasteiger partial charge is 0.264 e. The predicted molar refractivity (Wildman–Crippen MR) is 141 cm³/mol. The zero-order valence-corrected chi connectivity index (χ0v) is 21.4. The normalized spacial score (nSPS) is 11.5. The van der Waals surface area contributed by atoms with Crippen LogP contribution in [-0.2, 0) is 10.0 Å². The minimum Gasteiger partial charge on any atom is -0.494 e. The first-order chi connectivity index (χ1) is 17.4. The summed E-state index contributed by atoms with van der Waals surface area (Å²) in [7, 11) is -3.83. The molecule has 9 nitrogen and oxygen atoms in total. The Balaban J connectivity index is 1.41. The van der Waals surface area contributed by atoms with Gasteiger partial charge in [0.1, 0.15) is 22.7 Å². The lowest BCUT2D eigenvalue weighted by Crippen LogP contribution is -2.13. The third-order valence-corrected chi connectivity index (χ3v) is 7.89. The molecule has 0 saturated carbocycles. The minimum atomic E-state index is -3.83. The first kappa shape index (κ1) is 23.8. The third-order valence-electron chi connectivity index (χ3n) is 5.66. The van der Waals surface area contributed by atoms with Crippen molar-refractivity contribution in [2.24, 2.45) is 0 Å². The molecule has 184 valence electrons. The van der Waals surface area contributed by atoms with Crippen molar-refractivity contribution in [3.8, 4) is 16.9 Å². The van der Waals surface area contributed by atoms with E-state index in [1.807, 2.05) is 31.2 Å². The molecule has 2 aromatic carbocycles. The first-order valence-electron chi connectivity index (χ1n) is 11.1. The SMILES string of the molecule is CCOc1ccc(-c2csc3ncnc(Nc4ccc(S(=O)(=O)Nc5onc(C)c5C)cc4)c23)cc1. The number of nitrogens with one attached hydrogen (secondary N) is 2. The van der Waals surface area contributed by atoms with Crippen molar-refractivity contribution < 1.29 is 17.7 Å². The van der Waals surface area contributed by atoms with Crippen LogP contribution in [0.15, 0.2) is 69.7 Å². The second-order valence-corrected chi connectivity index (χ2v) is 10.5. The van der Waals surface area contributed by atoms with Crippen molar-refractivity contribution in [1.82, 2.24) is 15.1 Å². The molecule has 0 saturated heterocycles. The summed E-state index contributed by atoms with van der Waals surface area (Å²) < 4.78 is 38.7. The fourth-order valence-electron chi connectivity index (χ4n) is 3.63. The molecule has 0 amide bonds. The third kappa shape index (κ3) is 4.62. The average molecular weight is 522 g/mol. The molecule has 11 heteroatoms. The van der Waals surface area contributed by atoms with Crippen LogP contribution in [0.1, 0.15) is 18.2 Å². The molecule has 5 aromatic rings. The van der Waals surface area contributed by atoms with Crippen LogP contribution in [0.2, 0.25) is 0 Å². The maximum atomic E-state index is 12.8. The molecule has 3 aromatic heterocycles. The van der Waals surface area contributed by atoms with E-state index in [1.54, 1.807) is 26.0 Å². The van der Waals surface area contributed by atoms with Gasteiger partial charge in [-0.05, 0) is 62.7 Å². The Labute approximate surface area is 212 Å². The summed E-state index contributed by atoms with van der Waals surface area (Å²) >= 11 is 1.53. The largest absolute Gasteiger partial charge is 0.494 e. The van der Waals surface area contributed by atoms with Crippen LogP contribution in [0.3, 0.4) is 0 Å². The van der Waals surface area contributed by atoms with Crippen LogP contribution in [-0.4, -0.2) is 30.1 Å². The number of aryl methyl sites for hydroxylation is 1. The fraction of sp³-hybridized carbons (Fsp3) is 0.160. The number of rotatable bonds is 8. The summed E-state index contributed by atoms with van der Waals surface area (Å²) in [5, 5.41) is 10.0. The van der Waals surface area contributed by atoms with Crippen molar-refractivity contribution >= 4 is 49.0 Å². The maximum Gasteiger partial charge on any atom is 0.264 e. The lowest BCUT2D eigenvalue weighted by molar-refractivity contribution is 0.340. The Morgan fingerprint density at radius 3 is 2.44 bits per heavy atom. The van der Waals surface area contributed by atoms with Crippen molar-refractivity contribution in [3.05, 3.63) is 71.5 Å². The Bertz CT molecular complexity index is 1630. The molecule has 0 aliphatic carbocycles. The van der Waals surface area contributed by atoms with Gasteiger partial charge in [-0.25, -0.2) is 23.1 Å². The van der Waals surface area contributed by atoms with E-state index < -0.39 is 10.0 Å². The Morgan fingerprint density at radius 1 is 1.03 bits per heavy atom. The molecule has 36 heavy (non-hydrogen) atoms. The molecule has 2 N–H and O–H groups in total. The highest BCUT2D eigenvalue weighted by molar-refractivity contribution is 7.92. The molecule has 0 fully saturated rings. The molecule has 0 aliphatic heterocycles. The van der Waals surface area contributed by atoms with E-state index in [0.29, 0.717) is 29.4 Å². The summed E-state index contributed by atoms with van der Waals surface area (Å²) in [5.41, 5.74) is 3.98. The van der Waals surface area contributed by atoms with E-state index in [9.17, 15) is 8.42 Å². The Kier molecular flexibility index (Phi) is 6.33. The summed E-state index contributed by atoms with van der Waals surface area (Å²) in [6, 6.07) is 14.3. The highest BCUT2D eigenvalue weighted by Gasteiger charge is 2.19. The monoisotopic (exact) mass is 521 g/mol. The van der Waals surface area contributed by atoms with Crippen molar-refractivity contribution in [2.75, 3.05) is 16.6 Å². The van der Waals surface area contributed by atoms with E-state index >= 15 is 0 Å². The van der Waals surface area contributed by atoms with Gasteiger partial charge in [-0.1, -0.05) is 17.3 Å². The first-order valence-corrected chi connectivity index (χ1v) is 13.5. The fourth-order valence-corrected chi connectivity index (χ4v) is 5.59. The van der Waals surface area contributed by atoms with Crippen molar-refractivity contribution in [2.45, 2.75) is 25.7 Å². The van der Waals surface area contributed by atoms with Crippen LogP contribution in [0.4, 0.5) is 17.4 Å². The number of ether oxygens (including phenoxy) is 1. The van der Waals surface area contributed by atoms with Crippen LogP contribution in [0.5, 0.6) is 5.75 Å². The van der Waals surface area contributed by atoms with Gasteiger partial charge in [-0.15, -0.1) is 11.3 Å². The molecule has 0 radical (unpaired) electrons. The van der Waals surface area contributed by atoms with Crippen LogP contribution in [0.25, 0.3) is 21.3 Å². The molecule has 0 spiro atoms. The number of thiophene rings is 1. The Hall–Kier alpha value is -3.96. The minimum absolute atomic E-state index is 0.0972. The predicted octanol–water partition coefficient (Wildman–Crippen LogP) is 5.91. The summed E-state index contributed by atoms with van der Waals surface area (Å²) in [6.07, 6.45) is 1.51. The highest BCUT2D eigenvalue weighted by Crippen LogP contribution is 2.38. The van der Waals surface area contributed by atoms with Crippen LogP contribution in [0, 0.1) is 13.8 Å². The maximum absolute atomic E-state index is 12.8. The molecular formula is C25H23N5O4S2. The molecule has 5 rings (SSSR count). The zero-order chi connectivity index (χ0) is 25.3. The second kappa shape index (κ2) is 9.59. The van der Waals surface area contributed by atoms with Gasteiger partial charge < -0.3 is 14.6 Å². The van der Waals surface area contributed by atoms with Crippen LogP contribution < -0.4 is 14.8 Å². The zero-order valence-electron chi connectivity index (χ0n) is 19.8. The van der Waals surface area contributed by atoms with Gasteiger partial charge in [0.15, 0.2) is 0 Å². The van der Waals surface area contributed by atoms with E-state index in [-0.39, 0.29) is 10.8 Å². The molecular weight excluding hydrogens is 498 g/mol. The number of aromatic nitrogens is 3. The molecule has 0 unspecified atom stereocenters. The summed E-state index contributed by atoms with van der Waals surface area (Å²) in [4.78, 5) is 9.81. The standard InChI is InChI=1S/C25H23N5O4S2/c1-4-33-19-9-5-17(6-10-19)21-13-35-25-22(21)23(26-14-27-25)28-18-7-11-20(12-8-18)36(31,32)30-24-15(2)16(3)29-34-24/h5-14,30H,4H2,1-3H3,(H,26,27,28). The Morgan fingerprint density at radius 2 is 1.78 bits per heavy atom. The van der Waals surface area contributed by atoms with E-state index in [2.05, 4.69) is 30.5 Å². The second-order valence-electron chi connectivity index (χ2n) is 7.99. The summed E-state index contributed by atoms with van der Waals surface area (Å²) in [5.74, 6) is 1.55. The average Bonchev–Trinajstić information content (AvgIpc) is 3.44. The van der Waals surface area contributed by atoms with Gasteiger partial charge in [0, 0.05) is 22.2 Å². The number of nitrogens with zero attached hydrogens (tertiary/aromatic N) is 3. The van der Waals surface area contributed by atoms with Crippen molar-refractivity contribution in [1.29, 1.82) is 0 Å². The van der Waals surface area contributed by atoms with Gasteiger partial charge in [-0.3, -0.25) is 0 Å². The van der Waals surface area contributed by atoms with E-state index in [0.717, 1.165) is 27.1 Å². The van der Waals surface area contributed by atoms with Gasteiger partial charge in [-0.2, -0.15) is 0 Å². The van der Waals surface area contributed by atoms with E-state index in [4.69, 9.17) is 9.26 Å². The number of hydrogen-bond donors (Lipinski definition) is 2. The number of benzene rings is 2. The van der Waals surface area contributed by atoms with Gasteiger partial charge in [0.25, 0.3) is 10.0 Å². The summed E-state index contributed by atoms with van der Waals surface area (Å²) in [6.45, 7) is 6.05. The number of sulfonamides is 1. The number of hydrogen-bond acceptors (Lipinski definition) is 9. The van der Waals surface area contributed by atoms with Crippen LogP contribution >= 0.6 is 11.3 Å². The molecule has 0 atom stereocenters. The van der Waals surface area contributed by atoms with Gasteiger partial charge >= 0.3 is 0 Å². The van der Waals surface area contributed by atoms with E-state index in [1.165, 1.54) is 29.8 Å². The van der Waals surface area contributed by atoms with Crippen molar-refractivity contribution in [3.63, 3.8) is 0 Å². The number of anilines is 3. The lowest BCUT2D eigenvalue weighted by atomic mass is 10.1. The quantitative estimate of drug-likeness (QED) is 0.259. The lowest BCUT2D eigenvalue weighted by Gasteiger charge is -2.10.